The summed E-state index contributed by atoms with van der Waals surface area (Å²) in [7, 11) is 0. The maximum absolute atomic E-state index is 12.5. The van der Waals surface area contributed by atoms with Crippen molar-refractivity contribution in [3.8, 4) is 0 Å². The number of carbonyl (C=O) groups is 1. The molecular formula is C11H10BrClF2O. The molecule has 0 aromatic heterocycles. The maximum atomic E-state index is 12.5. The van der Waals surface area contributed by atoms with Gasteiger partial charge in [-0.1, -0.05) is 22.0 Å². The molecule has 16 heavy (non-hydrogen) atoms. The number of hydrogen-bond donors (Lipinski definition) is 0. The first-order valence-corrected chi connectivity index (χ1v) is 6.27. The molecule has 0 saturated carbocycles. The highest BCUT2D eigenvalue weighted by Gasteiger charge is 2.11. The number of Topliss-reactive ketones (excluding diaryl/α,β-unsaturated/α-hetero) is 1. The van der Waals surface area contributed by atoms with Gasteiger partial charge in [0.05, 0.1) is 5.33 Å². The molecular weight excluding hydrogens is 301 g/mol. The number of carbonyl (C=O) groups excluding carboxylic acids is 1. The van der Waals surface area contributed by atoms with Gasteiger partial charge in [-0.2, -0.15) is 0 Å². The molecule has 0 aliphatic heterocycles. The second-order valence-electron chi connectivity index (χ2n) is 3.37. The Labute approximate surface area is 106 Å². The van der Waals surface area contributed by atoms with Crippen LogP contribution in [0, 0.1) is 0 Å². The molecule has 0 unspecified atom stereocenters. The monoisotopic (exact) mass is 310 g/mol. The van der Waals surface area contributed by atoms with Crippen molar-refractivity contribution in [2.24, 2.45) is 0 Å². The van der Waals surface area contributed by atoms with Crippen LogP contribution in [0.4, 0.5) is 8.78 Å². The highest BCUT2D eigenvalue weighted by Crippen LogP contribution is 2.23. The van der Waals surface area contributed by atoms with Crippen LogP contribution in [-0.2, 0) is 17.1 Å². The molecule has 0 heterocycles. The fourth-order valence-electron chi connectivity index (χ4n) is 1.37. The van der Waals surface area contributed by atoms with Gasteiger partial charge >= 0.3 is 0 Å². The van der Waals surface area contributed by atoms with Crippen LogP contribution in [0.2, 0.25) is 0 Å². The predicted molar refractivity (Wildman–Crippen MR) is 63.5 cm³/mol. The summed E-state index contributed by atoms with van der Waals surface area (Å²) in [6.45, 7) is 0. The molecule has 0 amide bonds. The number of halogens is 4. The number of hydrogen-bond acceptors (Lipinski definition) is 1. The van der Waals surface area contributed by atoms with Crippen molar-refractivity contribution in [2.75, 3.05) is 5.33 Å². The second-order valence-corrected chi connectivity index (χ2v) is 4.19. The highest BCUT2D eigenvalue weighted by molar-refractivity contribution is 9.09. The number of rotatable bonds is 5. The van der Waals surface area contributed by atoms with Crippen LogP contribution in [0.3, 0.4) is 0 Å². The lowest BCUT2D eigenvalue weighted by atomic mass is 10.0. The summed E-state index contributed by atoms with van der Waals surface area (Å²) < 4.78 is 25.1. The first-order valence-electron chi connectivity index (χ1n) is 4.61. The Bertz CT molecular complexity index is 382. The van der Waals surface area contributed by atoms with Crippen molar-refractivity contribution in [2.45, 2.75) is 18.7 Å². The number of alkyl halides is 4. The average molecular weight is 312 g/mol. The molecule has 0 atom stereocenters. The van der Waals surface area contributed by atoms with Gasteiger partial charge in [0.2, 0.25) is 0 Å². The normalized spacial score (nSPS) is 10.8. The topological polar surface area (TPSA) is 17.1 Å². The Hall–Kier alpha value is -0.480. The summed E-state index contributed by atoms with van der Waals surface area (Å²) in [5.41, 5.74) is 1.10. The van der Waals surface area contributed by atoms with E-state index in [1.807, 2.05) is 0 Å². The molecule has 0 N–H and O–H groups in total. The summed E-state index contributed by atoms with van der Waals surface area (Å²) in [4.78, 5) is 11.2. The fraction of sp³-hybridized carbons (Fsp3) is 0.364. The van der Waals surface area contributed by atoms with Crippen LogP contribution < -0.4 is 0 Å². The first-order chi connectivity index (χ1) is 7.56. The van der Waals surface area contributed by atoms with Crippen molar-refractivity contribution in [3.63, 3.8) is 0 Å². The van der Waals surface area contributed by atoms with Gasteiger partial charge in [-0.3, -0.25) is 4.79 Å². The molecule has 1 rings (SSSR count). The van der Waals surface area contributed by atoms with E-state index in [-0.39, 0.29) is 29.0 Å². The Kier molecular flexibility index (Phi) is 5.35. The molecule has 0 spiro atoms. The molecule has 0 radical (unpaired) electrons. The van der Waals surface area contributed by atoms with E-state index < -0.39 is 6.43 Å². The molecule has 1 aromatic rings. The lowest BCUT2D eigenvalue weighted by Crippen LogP contribution is -2.04. The third kappa shape index (κ3) is 3.83. The predicted octanol–water partition coefficient (Wildman–Crippen LogP) is 3.87. The van der Waals surface area contributed by atoms with Crippen molar-refractivity contribution in [3.05, 3.63) is 34.9 Å². The summed E-state index contributed by atoms with van der Waals surface area (Å²) in [5.74, 6) is 0.114. The lowest BCUT2D eigenvalue weighted by Gasteiger charge is -2.07. The van der Waals surface area contributed by atoms with E-state index >= 15 is 0 Å². The third-order valence-electron chi connectivity index (χ3n) is 2.03. The Balaban J connectivity index is 2.99. The summed E-state index contributed by atoms with van der Waals surface area (Å²) in [5, 5.41) is 0.224. The average Bonchev–Trinajstić information content (AvgIpc) is 2.28. The minimum atomic E-state index is -2.54. The minimum Gasteiger partial charge on any atom is -0.298 e. The third-order valence-corrected chi connectivity index (χ3v) is 2.97. The van der Waals surface area contributed by atoms with Crippen molar-refractivity contribution in [1.82, 2.24) is 0 Å². The summed E-state index contributed by atoms with van der Waals surface area (Å²) >= 11 is 8.64. The molecule has 1 nitrogen and oxygen atoms in total. The molecule has 0 saturated heterocycles. The Morgan fingerprint density at radius 3 is 2.44 bits per heavy atom. The van der Waals surface area contributed by atoms with Gasteiger partial charge in [-0.25, -0.2) is 8.78 Å². The lowest BCUT2D eigenvalue weighted by molar-refractivity contribution is -0.115. The summed E-state index contributed by atoms with van der Waals surface area (Å²) in [6.07, 6.45) is -2.39. The van der Waals surface area contributed by atoms with Gasteiger partial charge < -0.3 is 0 Å². The Morgan fingerprint density at radius 1 is 1.31 bits per heavy atom. The zero-order valence-electron chi connectivity index (χ0n) is 8.35. The van der Waals surface area contributed by atoms with Crippen LogP contribution in [0.5, 0.6) is 0 Å². The largest absolute Gasteiger partial charge is 0.298 e. The van der Waals surface area contributed by atoms with Crippen molar-refractivity contribution in [1.29, 1.82) is 0 Å². The zero-order chi connectivity index (χ0) is 12.1. The molecule has 0 fully saturated rings. The highest BCUT2D eigenvalue weighted by atomic mass is 79.9. The van der Waals surface area contributed by atoms with Gasteiger partial charge in [0.1, 0.15) is 5.78 Å². The van der Waals surface area contributed by atoms with Crippen LogP contribution in [0.1, 0.15) is 23.1 Å². The molecule has 0 aliphatic carbocycles. The molecule has 1 aromatic carbocycles. The quantitative estimate of drug-likeness (QED) is 0.755. The van der Waals surface area contributed by atoms with Gasteiger partial charge in [-0.15, -0.1) is 11.6 Å². The SMILES string of the molecule is O=C(CBr)Cc1cc(CCl)cc(C(F)F)c1. The van der Waals surface area contributed by atoms with E-state index in [9.17, 15) is 13.6 Å². The smallest absolute Gasteiger partial charge is 0.263 e. The maximum Gasteiger partial charge on any atom is 0.263 e. The van der Waals surface area contributed by atoms with Crippen molar-refractivity contribution < 1.29 is 13.6 Å². The van der Waals surface area contributed by atoms with E-state index in [4.69, 9.17) is 11.6 Å². The van der Waals surface area contributed by atoms with E-state index in [2.05, 4.69) is 15.9 Å². The van der Waals surface area contributed by atoms with Gasteiger partial charge in [0, 0.05) is 17.9 Å². The first kappa shape index (κ1) is 13.6. The van der Waals surface area contributed by atoms with Gasteiger partial charge in [0.25, 0.3) is 6.43 Å². The molecule has 0 aliphatic rings. The van der Waals surface area contributed by atoms with E-state index in [0.717, 1.165) is 0 Å². The van der Waals surface area contributed by atoms with E-state index in [1.165, 1.54) is 12.1 Å². The molecule has 88 valence electrons. The van der Waals surface area contributed by atoms with E-state index in [0.29, 0.717) is 11.1 Å². The Morgan fingerprint density at radius 2 is 1.94 bits per heavy atom. The fourth-order valence-corrected chi connectivity index (χ4v) is 1.72. The van der Waals surface area contributed by atoms with Crippen LogP contribution in [0.15, 0.2) is 18.2 Å². The number of benzene rings is 1. The van der Waals surface area contributed by atoms with Gasteiger partial charge in [-0.05, 0) is 23.3 Å². The zero-order valence-corrected chi connectivity index (χ0v) is 10.7. The van der Waals surface area contributed by atoms with Crippen molar-refractivity contribution >= 4 is 33.3 Å². The van der Waals surface area contributed by atoms with Crippen LogP contribution >= 0.6 is 27.5 Å². The number of ketones is 1. The minimum absolute atomic E-state index is 0.0491. The standard InChI is InChI=1S/C11H10BrClF2O/c12-5-10(16)4-7-1-8(6-13)3-9(2-7)11(14)15/h1-3,11H,4-6H2. The summed E-state index contributed by atoms with van der Waals surface area (Å²) in [6, 6.07) is 4.39. The van der Waals surface area contributed by atoms with Gasteiger partial charge in [0.15, 0.2) is 0 Å². The molecule has 5 heteroatoms. The van der Waals surface area contributed by atoms with E-state index in [1.54, 1.807) is 6.07 Å². The van der Waals surface area contributed by atoms with Crippen LogP contribution in [-0.4, -0.2) is 11.1 Å². The van der Waals surface area contributed by atoms with Crippen LogP contribution in [0.25, 0.3) is 0 Å². The molecule has 0 bridgehead atoms. The second kappa shape index (κ2) is 6.30.